The molecule has 25 heavy (non-hydrogen) atoms. The molecule has 0 aliphatic heterocycles. The van der Waals surface area contributed by atoms with Gasteiger partial charge in [-0.2, -0.15) is 4.99 Å². The predicted octanol–water partition coefficient (Wildman–Crippen LogP) is 4.33. The highest BCUT2D eigenvalue weighted by molar-refractivity contribution is 7.16. The summed E-state index contributed by atoms with van der Waals surface area (Å²) in [7, 11) is 3.55. The van der Waals surface area contributed by atoms with Crippen molar-refractivity contribution in [1.82, 2.24) is 4.57 Å². The standard InChI is InChI=1S/C20H22N2O2S/c1-4-5-6-14-7-12-17-18(13-14)25-20(22(17)2)21-19(23)15-8-10-16(24-3)11-9-15/h7-13H,4-6H2,1-3H3. The Morgan fingerprint density at radius 2 is 1.96 bits per heavy atom. The molecule has 4 nitrogen and oxygen atoms in total. The van der Waals surface area contributed by atoms with Crippen LogP contribution in [-0.2, 0) is 13.5 Å². The van der Waals surface area contributed by atoms with Gasteiger partial charge in [-0.05, 0) is 54.8 Å². The van der Waals surface area contributed by atoms with E-state index in [1.54, 1.807) is 42.7 Å². The van der Waals surface area contributed by atoms with Crippen LogP contribution in [0.5, 0.6) is 5.75 Å². The molecule has 0 atom stereocenters. The van der Waals surface area contributed by atoms with E-state index < -0.39 is 0 Å². The lowest BCUT2D eigenvalue weighted by atomic mass is 10.1. The Morgan fingerprint density at radius 3 is 2.64 bits per heavy atom. The van der Waals surface area contributed by atoms with Crippen molar-refractivity contribution in [1.29, 1.82) is 0 Å². The van der Waals surface area contributed by atoms with E-state index in [4.69, 9.17) is 4.74 Å². The zero-order chi connectivity index (χ0) is 17.8. The molecule has 0 saturated heterocycles. The van der Waals surface area contributed by atoms with E-state index in [0.29, 0.717) is 10.4 Å². The maximum absolute atomic E-state index is 12.4. The first-order valence-corrected chi connectivity index (χ1v) is 9.25. The van der Waals surface area contributed by atoms with Crippen molar-refractivity contribution in [3.8, 4) is 5.75 Å². The Balaban J connectivity index is 1.94. The van der Waals surface area contributed by atoms with Crippen LogP contribution in [-0.4, -0.2) is 17.6 Å². The van der Waals surface area contributed by atoms with Crippen molar-refractivity contribution < 1.29 is 9.53 Å². The van der Waals surface area contributed by atoms with E-state index in [1.165, 1.54) is 18.4 Å². The predicted molar refractivity (Wildman–Crippen MR) is 102 cm³/mol. The second kappa shape index (κ2) is 7.66. The molecule has 3 aromatic rings. The highest BCUT2D eigenvalue weighted by Gasteiger charge is 2.08. The first kappa shape index (κ1) is 17.4. The van der Waals surface area contributed by atoms with Gasteiger partial charge >= 0.3 is 0 Å². The Labute approximate surface area is 151 Å². The molecule has 2 aromatic carbocycles. The first-order chi connectivity index (χ1) is 12.1. The van der Waals surface area contributed by atoms with Crippen LogP contribution in [0.3, 0.4) is 0 Å². The number of fused-ring (bicyclic) bond motifs is 1. The van der Waals surface area contributed by atoms with E-state index in [1.807, 2.05) is 11.6 Å². The molecular weight excluding hydrogens is 332 g/mol. The maximum atomic E-state index is 12.4. The Morgan fingerprint density at radius 1 is 1.20 bits per heavy atom. The average molecular weight is 354 g/mol. The highest BCUT2D eigenvalue weighted by atomic mass is 32.1. The molecule has 0 aliphatic carbocycles. The lowest BCUT2D eigenvalue weighted by molar-refractivity contribution is 0.0998. The molecule has 0 N–H and O–H groups in total. The van der Waals surface area contributed by atoms with Crippen molar-refractivity contribution in [2.45, 2.75) is 26.2 Å². The SMILES string of the molecule is CCCCc1ccc2c(c1)sc(=NC(=O)c1ccc(OC)cc1)n2C. The van der Waals surface area contributed by atoms with Gasteiger partial charge in [-0.3, -0.25) is 4.79 Å². The summed E-state index contributed by atoms with van der Waals surface area (Å²) >= 11 is 1.55. The fourth-order valence-electron chi connectivity index (χ4n) is 2.71. The lowest BCUT2D eigenvalue weighted by Gasteiger charge is -2.01. The number of aromatic nitrogens is 1. The van der Waals surface area contributed by atoms with Crippen molar-refractivity contribution in [2.75, 3.05) is 7.11 Å². The van der Waals surface area contributed by atoms with E-state index >= 15 is 0 Å². The Bertz CT molecular complexity index is 952. The molecule has 1 aromatic heterocycles. The summed E-state index contributed by atoms with van der Waals surface area (Å²) < 4.78 is 8.26. The summed E-state index contributed by atoms with van der Waals surface area (Å²) in [6.45, 7) is 2.20. The average Bonchev–Trinajstić information content (AvgIpc) is 2.95. The van der Waals surface area contributed by atoms with Crippen molar-refractivity contribution in [2.24, 2.45) is 12.0 Å². The summed E-state index contributed by atoms with van der Waals surface area (Å²) in [4.78, 5) is 17.5. The molecule has 0 fully saturated rings. The van der Waals surface area contributed by atoms with E-state index in [2.05, 4.69) is 30.1 Å². The largest absolute Gasteiger partial charge is 0.497 e. The number of rotatable bonds is 5. The van der Waals surface area contributed by atoms with E-state index in [9.17, 15) is 4.79 Å². The lowest BCUT2D eigenvalue weighted by Crippen LogP contribution is -2.13. The Kier molecular flexibility index (Phi) is 5.34. The van der Waals surface area contributed by atoms with Crippen molar-refractivity contribution >= 4 is 27.5 Å². The molecule has 1 heterocycles. The molecule has 0 unspecified atom stereocenters. The quantitative estimate of drug-likeness (QED) is 0.684. The number of hydrogen-bond donors (Lipinski definition) is 0. The molecule has 0 spiro atoms. The van der Waals surface area contributed by atoms with Crippen LogP contribution < -0.4 is 9.54 Å². The number of carbonyl (C=O) groups is 1. The van der Waals surface area contributed by atoms with Crippen LogP contribution in [0.4, 0.5) is 0 Å². The van der Waals surface area contributed by atoms with E-state index in [-0.39, 0.29) is 5.91 Å². The van der Waals surface area contributed by atoms with Gasteiger partial charge in [0.05, 0.1) is 17.3 Å². The molecular formula is C20H22N2O2S. The number of thiazole rings is 1. The molecule has 3 rings (SSSR count). The minimum absolute atomic E-state index is 0.240. The Hall–Kier alpha value is -2.40. The van der Waals surface area contributed by atoms with Crippen molar-refractivity contribution in [3.05, 3.63) is 58.4 Å². The number of nitrogens with zero attached hydrogens (tertiary/aromatic N) is 2. The zero-order valence-electron chi connectivity index (χ0n) is 14.8. The topological polar surface area (TPSA) is 43.6 Å². The second-order valence-electron chi connectivity index (χ2n) is 5.99. The van der Waals surface area contributed by atoms with Crippen LogP contribution in [0, 0.1) is 0 Å². The normalized spacial score (nSPS) is 11.9. The molecule has 0 radical (unpaired) electrons. The van der Waals surface area contributed by atoms with Gasteiger partial charge in [0.1, 0.15) is 5.75 Å². The number of ether oxygens (including phenoxy) is 1. The molecule has 1 amide bonds. The summed E-state index contributed by atoms with van der Waals surface area (Å²) in [5.74, 6) is 0.486. The van der Waals surface area contributed by atoms with Gasteiger partial charge in [0.15, 0.2) is 4.80 Å². The van der Waals surface area contributed by atoms with Crippen LogP contribution >= 0.6 is 11.3 Å². The number of aryl methyl sites for hydroxylation is 2. The number of hydrogen-bond acceptors (Lipinski definition) is 3. The monoisotopic (exact) mass is 354 g/mol. The number of methoxy groups -OCH3 is 1. The number of amides is 1. The van der Waals surface area contributed by atoms with Crippen molar-refractivity contribution in [3.63, 3.8) is 0 Å². The second-order valence-corrected chi connectivity index (χ2v) is 7.00. The third-order valence-electron chi connectivity index (χ3n) is 4.23. The van der Waals surface area contributed by atoms with Gasteiger partial charge < -0.3 is 9.30 Å². The summed E-state index contributed by atoms with van der Waals surface area (Å²) in [6.07, 6.45) is 3.47. The maximum Gasteiger partial charge on any atom is 0.279 e. The van der Waals surface area contributed by atoms with Gasteiger partial charge in [-0.1, -0.05) is 30.7 Å². The summed E-state index contributed by atoms with van der Waals surface area (Å²) in [5, 5.41) is 0. The van der Waals surface area contributed by atoms with Crippen LogP contribution in [0.25, 0.3) is 10.2 Å². The van der Waals surface area contributed by atoms with Gasteiger partial charge in [0.2, 0.25) is 0 Å². The van der Waals surface area contributed by atoms with Crippen LogP contribution in [0.1, 0.15) is 35.7 Å². The highest BCUT2D eigenvalue weighted by Crippen LogP contribution is 2.20. The number of carbonyl (C=O) groups excluding carboxylic acids is 1. The van der Waals surface area contributed by atoms with E-state index in [0.717, 1.165) is 22.4 Å². The molecule has 0 bridgehead atoms. The third kappa shape index (κ3) is 3.82. The van der Waals surface area contributed by atoms with Gasteiger partial charge in [-0.15, -0.1) is 0 Å². The molecule has 0 aliphatic rings. The van der Waals surface area contributed by atoms with Gasteiger partial charge in [0.25, 0.3) is 5.91 Å². The number of benzene rings is 2. The third-order valence-corrected chi connectivity index (χ3v) is 5.32. The summed E-state index contributed by atoms with van der Waals surface area (Å²) in [5.41, 5.74) is 3.00. The number of unbranched alkanes of at least 4 members (excludes halogenated alkanes) is 1. The molecule has 5 heteroatoms. The van der Waals surface area contributed by atoms with Crippen LogP contribution in [0.2, 0.25) is 0 Å². The first-order valence-electron chi connectivity index (χ1n) is 8.44. The fourth-order valence-corrected chi connectivity index (χ4v) is 3.79. The summed E-state index contributed by atoms with van der Waals surface area (Å²) in [6, 6.07) is 13.5. The minimum Gasteiger partial charge on any atom is -0.497 e. The van der Waals surface area contributed by atoms with Crippen LogP contribution in [0.15, 0.2) is 47.5 Å². The van der Waals surface area contributed by atoms with Gasteiger partial charge in [-0.25, -0.2) is 0 Å². The zero-order valence-corrected chi connectivity index (χ0v) is 15.6. The smallest absolute Gasteiger partial charge is 0.279 e. The molecule has 130 valence electrons. The fraction of sp³-hybridized carbons (Fsp3) is 0.300. The minimum atomic E-state index is -0.240. The van der Waals surface area contributed by atoms with Gasteiger partial charge in [0, 0.05) is 12.6 Å². The molecule has 0 saturated carbocycles.